The topological polar surface area (TPSA) is 62.5 Å². The highest BCUT2D eigenvalue weighted by Crippen LogP contribution is 2.30. The van der Waals surface area contributed by atoms with Crippen molar-refractivity contribution < 1.29 is 17.6 Å². The van der Waals surface area contributed by atoms with E-state index in [9.17, 15) is 13.2 Å². The lowest BCUT2D eigenvalue weighted by Crippen LogP contribution is -2.38. The van der Waals surface area contributed by atoms with Crippen LogP contribution in [0.2, 0.25) is 0 Å². The molecule has 0 radical (unpaired) electrons. The molecule has 1 heterocycles. The summed E-state index contributed by atoms with van der Waals surface area (Å²) >= 11 is 0. The number of alkyl halides is 3. The van der Waals surface area contributed by atoms with Crippen LogP contribution in [0.25, 0.3) is 0 Å². The molecule has 5 nitrogen and oxygen atoms in total. The van der Waals surface area contributed by atoms with E-state index in [2.05, 4.69) is 20.6 Å². The van der Waals surface area contributed by atoms with Gasteiger partial charge in [-0.15, -0.1) is 0 Å². The number of rotatable bonds is 5. The zero-order valence-electron chi connectivity index (χ0n) is 16.8. The summed E-state index contributed by atoms with van der Waals surface area (Å²) in [6.45, 7) is 10.6. The van der Waals surface area contributed by atoms with Crippen molar-refractivity contribution in [3.05, 3.63) is 53.2 Å². The Morgan fingerprint density at radius 3 is 2.54 bits per heavy atom. The zero-order chi connectivity index (χ0) is 20.9. The third-order valence-corrected chi connectivity index (χ3v) is 4.08. The van der Waals surface area contributed by atoms with Gasteiger partial charge >= 0.3 is 6.18 Å². The molecule has 0 aliphatic heterocycles. The van der Waals surface area contributed by atoms with E-state index in [0.29, 0.717) is 24.0 Å². The van der Waals surface area contributed by atoms with Gasteiger partial charge in [0.05, 0.1) is 17.8 Å². The van der Waals surface area contributed by atoms with Crippen LogP contribution in [-0.4, -0.2) is 17.5 Å². The molecule has 1 aromatic heterocycles. The standard InChI is InChI=1S/C20H27F3N4O/c1-6-24-18(26-12-17-25-11-16(28-17)19(3,4)5)27-13(2)14-8-7-9-15(10-14)20(21,22)23/h7-11,13H,6,12H2,1-5H3,(H2,24,26,27). The van der Waals surface area contributed by atoms with Crippen LogP contribution < -0.4 is 10.6 Å². The maximum atomic E-state index is 12.9. The van der Waals surface area contributed by atoms with Crippen molar-refractivity contribution in [3.63, 3.8) is 0 Å². The third kappa shape index (κ3) is 6.00. The number of nitrogens with zero attached hydrogens (tertiary/aromatic N) is 2. The van der Waals surface area contributed by atoms with E-state index in [1.165, 1.54) is 6.07 Å². The third-order valence-electron chi connectivity index (χ3n) is 4.08. The van der Waals surface area contributed by atoms with Crippen LogP contribution in [0.1, 0.15) is 63.4 Å². The van der Waals surface area contributed by atoms with Crippen molar-refractivity contribution in [2.45, 2.75) is 58.8 Å². The Morgan fingerprint density at radius 1 is 1.25 bits per heavy atom. The molecule has 1 aromatic carbocycles. The normalized spacial score (nSPS) is 14.1. The van der Waals surface area contributed by atoms with Gasteiger partial charge in [0, 0.05) is 12.0 Å². The molecule has 0 amide bonds. The molecule has 154 valence electrons. The monoisotopic (exact) mass is 396 g/mol. The van der Waals surface area contributed by atoms with Crippen LogP contribution in [0.3, 0.4) is 0 Å². The second kappa shape index (κ2) is 8.67. The molecule has 1 unspecified atom stereocenters. The van der Waals surface area contributed by atoms with Crippen molar-refractivity contribution in [1.29, 1.82) is 0 Å². The van der Waals surface area contributed by atoms with Crippen LogP contribution in [0, 0.1) is 0 Å². The summed E-state index contributed by atoms with van der Waals surface area (Å²) < 4.78 is 44.5. The molecule has 0 aliphatic carbocycles. The molecule has 2 aromatic rings. The minimum absolute atomic E-state index is 0.143. The summed E-state index contributed by atoms with van der Waals surface area (Å²) in [7, 11) is 0. The lowest BCUT2D eigenvalue weighted by Gasteiger charge is -2.19. The molecule has 8 heteroatoms. The van der Waals surface area contributed by atoms with Crippen LogP contribution >= 0.6 is 0 Å². The molecule has 28 heavy (non-hydrogen) atoms. The van der Waals surface area contributed by atoms with E-state index in [0.717, 1.165) is 17.9 Å². The van der Waals surface area contributed by atoms with E-state index < -0.39 is 11.7 Å². The van der Waals surface area contributed by atoms with Crippen LogP contribution in [0.4, 0.5) is 13.2 Å². The van der Waals surface area contributed by atoms with Crippen molar-refractivity contribution in [1.82, 2.24) is 15.6 Å². The predicted octanol–water partition coefficient (Wildman–Crippen LogP) is 4.81. The Labute approximate surface area is 163 Å². The van der Waals surface area contributed by atoms with Crippen molar-refractivity contribution in [2.24, 2.45) is 4.99 Å². The first-order valence-electron chi connectivity index (χ1n) is 9.18. The minimum Gasteiger partial charge on any atom is -0.443 e. The van der Waals surface area contributed by atoms with Gasteiger partial charge in [-0.25, -0.2) is 9.98 Å². The van der Waals surface area contributed by atoms with E-state index >= 15 is 0 Å². The fraction of sp³-hybridized carbons (Fsp3) is 0.500. The number of halogens is 3. The van der Waals surface area contributed by atoms with Gasteiger partial charge in [-0.1, -0.05) is 32.9 Å². The SMILES string of the molecule is CCNC(=NCc1ncc(C(C)(C)C)o1)NC(C)c1cccc(C(F)(F)F)c1. The summed E-state index contributed by atoms with van der Waals surface area (Å²) in [5.74, 6) is 1.73. The zero-order valence-corrected chi connectivity index (χ0v) is 16.8. The lowest BCUT2D eigenvalue weighted by molar-refractivity contribution is -0.137. The molecule has 2 rings (SSSR count). The van der Waals surface area contributed by atoms with Crippen molar-refractivity contribution in [3.8, 4) is 0 Å². The summed E-state index contributed by atoms with van der Waals surface area (Å²) in [5.41, 5.74) is -0.294. The second-order valence-corrected chi connectivity index (χ2v) is 7.55. The van der Waals surface area contributed by atoms with Gasteiger partial charge in [0.15, 0.2) is 5.96 Å². The Morgan fingerprint density at radius 2 is 1.96 bits per heavy atom. The maximum Gasteiger partial charge on any atom is 0.416 e. The van der Waals surface area contributed by atoms with Crippen molar-refractivity contribution >= 4 is 5.96 Å². The molecule has 0 saturated carbocycles. The molecule has 2 N–H and O–H groups in total. The smallest absolute Gasteiger partial charge is 0.416 e. The fourth-order valence-corrected chi connectivity index (χ4v) is 2.47. The van der Waals surface area contributed by atoms with E-state index in [-0.39, 0.29) is 18.0 Å². The Hall–Kier alpha value is -2.51. The van der Waals surface area contributed by atoms with E-state index in [4.69, 9.17) is 4.42 Å². The van der Waals surface area contributed by atoms with Gasteiger partial charge in [-0.05, 0) is 31.5 Å². The predicted molar refractivity (Wildman–Crippen MR) is 103 cm³/mol. The number of aromatic nitrogens is 1. The molecule has 0 fully saturated rings. The summed E-state index contributed by atoms with van der Waals surface area (Å²) in [6, 6.07) is 4.90. The highest BCUT2D eigenvalue weighted by atomic mass is 19.4. The number of benzene rings is 1. The van der Waals surface area contributed by atoms with Gasteiger partial charge in [-0.3, -0.25) is 0 Å². The number of nitrogens with one attached hydrogen (secondary N) is 2. The number of guanidine groups is 1. The summed E-state index contributed by atoms with van der Waals surface area (Å²) in [6.07, 6.45) is -2.68. The van der Waals surface area contributed by atoms with Crippen LogP contribution in [0.5, 0.6) is 0 Å². The number of oxazole rings is 1. The Balaban J connectivity index is 2.11. The van der Waals surface area contributed by atoms with Crippen LogP contribution in [0.15, 0.2) is 39.9 Å². The molecule has 0 saturated heterocycles. The van der Waals surface area contributed by atoms with Gasteiger partial charge in [0.2, 0.25) is 5.89 Å². The van der Waals surface area contributed by atoms with Gasteiger partial charge < -0.3 is 15.1 Å². The maximum absolute atomic E-state index is 12.9. The van der Waals surface area contributed by atoms with E-state index in [1.54, 1.807) is 19.2 Å². The van der Waals surface area contributed by atoms with Gasteiger partial charge in [-0.2, -0.15) is 13.2 Å². The highest BCUT2D eigenvalue weighted by Gasteiger charge is 2.30. The molecular weight excluding hydrogens is 369 g/mol. The second-order valence-electron chi connectivity index (χ2n) is 7.55. The largest absolute Gasteiger partial charge is 0.443 e. The Kier molecular flexibility index (Phi) is 6.74. The summed E-state index contributed by atoms with van der Waals surface area (Å²) in [4.78, 5) is 8.67. The fourth-order valence-electron chi connectivity index (χ4n) is 2.47. The number of aliphatic imine (C=N–C) groups is 1. The Bertz CT molecular complexity index is 806. The average molecular weight is 396 g/mol. The lowest BCUT2D eigenvalue weighted by atomic mass is 9.94. The molecule has 1 atom stereocenters. The van der Waals surface area contributed by atoms with E-state index in [1.807, 2.05) is 27.7 Å². The first-order valence-corrected chi connectivity index (χ1v) is 9.18. The molecule has 0 bridgehead atoms. The average Bonchev–Trinajstić information content (AvgIpc) is 3.08. The first-order chi connectivity index (χ1) is 13.0. The number of hydrogen-bond donors (Lipinski definition) is 2. The van der Waals surface area contributed by atoms with Gasteiger partial charge in [0.25, 0.3) is 0 Å². The minimum atomic E-state index is -4.37. The molecule has 0 spiro atoms. The number of hydrogen-bond acceptors (Lipinski definition) is 3. The quantitative estimate of drug-likeness (QED) is 0.563. The first kappa shape index (κ1) is 21.8. The van der Waals surface area contributed by atoms with Crippen LogP contribution in [-0.2, 0) is 18.1 Å². The van der Waals surface area contributed by atoms with Crippen molar-refractivity contribution in [2.75, 3.05) is 6.54 Å². The highest BCUT2D eigenvalue weighted by molar-refractivity contribution is 5.80. The summed E-state index contributed by atoms with van der Waals surface area (Å²) in [5, 5.41) is 6.20. The molecular formula is C20H27F3N4O. The molecule has 0 aliphatic rings. The van der Waals surface area contributed by atoms with Gasteiger partial charge in [0.1, 0.15) is 12.3 Å².